The molecule has 0 saturated carbocycles. The van der Waals surface area contributed by atoms with Crippen LogP contribution in [-0.2, 0) is 14.4 Å². The van der Waals surface area contributed by atoms with E-state index in [1.165, 1.54) is 44.9 Å². The number of carbonyl (C=O) groups is 3. The molecule has 180 valence electrons. The van der Waals surface area contributed by atoms with Gasteiger partial charge in [0.15, 0.2) is 0 Å². The zero-order chi connectivity index (χ0) is 23.4. The maximum absolute atomic E-state index is 11.1. The number of aliphatic carboxylic acids is 3. The molecule has 0 aromatic heterocycles. The average Bonchev–Trinajstić information content (AvgIpc) is 2.72. The summed E-state index contributed by atoms with van der Waals surface area (Å²) in [7, 11) is 0. The third kappa shape index (κ3) is 18.6. The normalized spacial score (nSPS) is 11.8. The Balaban J connectivity index is 4.28. The quantitative estimate of drug-likeness (QED) is 0.122. The second kappa shape index (κ2) is 18.8. The Labute approximate surface area is 187 Å². The lowest BCUT2D eigenvalue weighted by Crippen LogP contribution is -2.52. The molecule has 0 aliphatic heterocycles. The van der Waals surface area contributed by atoms with Gasteiger partial charge in [0.2, 0.25) is 0 Å². The molecule has 0 heterocycles. The molecule has 0 atom stereocenters. The minimum absolute atomic E-state index is 0.0773. The maximum atomic E-state index is 11.1. The van der Waals surface area contributed by atoms with E-state index in [1.807, 2.05) is 0 Å². The lowest BCUT2D eigenvalue weighted by atomic mass is 10.1. The number of carboxylic acid groups (broad SMARTS) is 3. The van der Waals surface area contributed by atoms with Gasteiger partial charge >= 0.3 is 17.9 Å². The molecule has 0 saturated heterocycles. The first-order valence-electron chi connectivity index (χ1n) is 12.0. The average molecular weight is 443 g/mol. The number of nitrogens with zero attached hydrogens (tertiary/aromatic N) is 1. The van der Waals surface area contributed by atoms with Gasteiger partial charge in [0.05, 0.1) is 45.4 Å². The first-order chi connectivity index (χ1) is 14.8. The van der Waals surface area contributed by atoms with Crippen molar-refractivity contribution < 1.29 is 34.2 Å². The highest BCUT2D eigenvalue weighted by atomic mass is 16.4. The van der Waals surface area contributed by atoms with Crippen molar-refractivity contribution >= 4 is 17.9 Å². The molecular weight excluding hydrogens is 398 g/mol. The molecule has 7 heteroatoms. The molecule has 0 unspecified atom stereocenters. The Kier molecular flexibility index (Phi) is 17.7. The van der Waals surface area contributed by atoms with Gasteiger partial charge in [0, 0.05) is 0 Å². The molecule has 3 N–H and O–H groups in total. The van der Waals surface area contributed by atoms with E-state index in [4.69, 9.17) is 15.3 Å². The van der Waals surface area contributed by atoms with E-state index in [-0.39, 0.29) is 43.4 Å². The third-order valence-electron chi connectivity index (χ3n) is 5.79. The van der Waals surface area contributed by atoms with Crippen LogP contribution < -0.4 is 0 Å². The number of hydrogen-bond donors (Lipinski definition) is 3. The zero-order valence-corrected chi connectivity index (χ0v) is 19.4. The Morgan fingerprint density at radius 1 is 0.581 bits per heavy atom. The predicted molar refractivity (Wildman–Crippen MR) is 122 cm³/mol. The second-order valence-corrected chi connectivity index (χ2v) is 8.54. The molecule has 0 rings (SSSR count). The molecule has 0 aliphatic rings. The largest absolute Gasteiger partial charge is 0.481 e. The molecule has 0 radical (unpaired) electrons. The van der Waals surface area contributed by atoms with Gasteiger partial charge in [0.1, 0.15) is 0 Å². The first kappa shape index (κ1) is 29.1. The van der Waals surface area contributed by atoms with Crippen LogP contribution >= 0.6 is 0 Å². The summed E-state index contributed by atoms with van der Waals surface area (Å²) in [6.45, 7) is 3.68. The third-order valence-corrected chi connectivity index (χ3v) is 5.79. The summed E-state index contributed by atoms with van der Waals surface area (Å²) in [5.41, 5.74) is 0. The van der Waals surface area contributed by atoms with Crippen LogP contribution in [-0.4, -0.2) is 63.9 Å². The van der Waals surface area contributed by atoms with Gasteiger partial charge in [-0.05, 0) is 32.1 Å². The summed E-state index contributed by atoms with van der Waals surface area (Å²) in [5.74, 6) is -2.81. The summed E-state index contributed by atoms with van der Waals surface area (Å²) in [5, 5.41) is 27.2. The van der Waals surface area contributed by atoms with Crippen LogP contribution in [0.2, 0.25) is 0 Å². The smallest absolute Gasteiger partial charge is 0.309 e. The number of carboxylic acids is 3. The molecule has 31 heavy (non-hydrogen) atoms. The van der Waals surface area contributed by atoms with Gasteiger partial charge in [-0.1, -0.05) is 57.6 Å². The van der Waals surface area contributed by atoms with Crippen LogP contribution in [0.5, 0.6) is 0 Å². The highest BCUT2D eigenvalue weighted by molar-refractivity contribution is 5.67. The molecule has 0 fully saturated rings. The first-order valence-corrected chi connectivity index (χ1v) is 12.0. The molecule has 0 bridgehead atoms. The van der Waals surface area contributed by atoms with E-state index >= 15 is 0 Å². The van der Waals surface area contributed by atoms with Gasteiger partial charge in [-0.15, -0.1) is 0 Å². The monoisotopic (exact) mass is 442 g/mol. The lowest BCUT2D eigenvalue weighted by molar-refractivity contribution is -0.927. The minimum Gasteiger partial charge on any atom is -0.481 e. The molecule has 7 nitrogen and oxygen atoms in total. The van der Waals surface area contributed by atoms with E-state index in [1.54, 1.807) is 0 Å². The van der Waals surface area contributed by atoms with Gasteiger partial charge in [0.25, 0.3) is 0 Å². The SMILES string of the molecule is CCCC/C=C/CCCCCCCCC[N+](CCC(=O)O)(CCC(=O)O)CCC(=O)O. The summed E-state index contributed by atoms with van der Waals surface area (Å²) >= 11 is 0. The van der Waals surface area contributed by atoms with Gasteiger partial charge in [-0.3, -0.25) is 14.4 Å². The molecule has 0 amide bonds. The fourth-order valence-electron chi connectivity index (χ4n) is 3.82. The van der Waals surface area contributed by atoms with Crippen molar-refractivity contribution in [2.45, 2.75) is 96.8 Å². The van der Waals surface area contributed by atoms with E-state index < -0.39 is 17.9 Å². The van der Waals surface area contributed by atoms with Crippen molar-refractivity contribution in [1.29, 1.82) is 0 Å². The lowest BCUT2D eigenvalue weighted by Gasteiger charge is -2.38. The van der Waals surface area contributed by atoms with E-state index in [0.717, 1.165) is 25.7 Å². The van der Waals surface area contributed by atoms with E-state index in [0.29, 0.717) is 6.54 Å². The van der Waals surface area contributed by atoms with Crippen molar-refractivity contribution in [2.24, 2.45) is 0 Å². The van der Waals surface area contributed by atoms with Crippen LogP contribution in [0.15, 0.2) is 12.2 Å². The molecular formula is C24H44NO6+. The van der Waals surface area contributed by atoms with Gasteiger partial charge in [-0.25, -0.2) is 0 Å². The fourth-order valence-corrected chi connectivity index (χ4v) is 3.82. The summed E-state index contributed by atoms with van der Waals surface area (Å²) in [6.07, 6.45) is 17.0. The number of unbranched alkanes of at least 4 members (excludes halogenated alkanes) is 9. The minimum atomic E-state index is -0.937. The number of quaternary nitrogens is 1. The Hall–Kier alpha value is -1.89. The Bertz CT molecular complexity index is 487. The van der Waals surface area contributed by atoms with Gasteiger partial charge in [-0.2, -0.15) is 0 Å². The zero-order valence-electron chi connectivity index (χ0n) is 19.4. The Morgan fingerprint density at radius 3 is 1.39 bits per heavy atom. The maximum Gasteiger partial charge on any atom is 0.309 e. The molecule has 0 aliphatic carbocycles. The summed E-state index contributed by atoms with van der Waals surface area (Å²) in [6, 6.07) is 0. The number of rotatable bonds is 22. The highest BCUT2D eigenvalue weighted by Crippen LogP contribution is 2.17. The predicted octanol–water partition coefficient (Wildman–Crippen LogP) is 5.09. The van der Waals surface area contributed by atoms with Crippen LogP contribution in [0.25, 0.3) is 0 Å². The van der Waals surface area contributed by atoms with Crippen molar-refractivity contribution in [1.82, 2.24) is 0 Å². The fraction of sp³-hybridized carbons (Fsp3) is 0.792. The van der Waals surface area contributed by atoms with Crippen LogP contribution in [0.3, 0.4) is 0 Å². The topological polar surface area (TPSA) is 112 Å². The van der Waals surface area contributed by atoms with Crippen LogP contribution in [0, 0.1) is 0 Å². The van der Waals surface area contributed by atoms with Gasteiger partial charge < -0.3 is 19.8 Å². The van der Waals surface area contributed by atoms with E-state index in [2.05, 4.69) is 19.1 Å². The van der Waals surface area contributed by atoms with Crippen molar-refractivity contribution in [3.8, 4) is 0 Å². The van der Waals surface area contributed by atoms with Crippen molar-refractivity contribution in [3.05, 3.63) is 12.2 Å². The summed E-state index contributed by atoms with van der Waals surface area (Å²) in [4.78, 5) is 33.2. The van der Waals surface area contributed by atoms with Crippen LogP contribution in [0.1, 0.15) is 96.8 Å². The number of hydrogen-bond acceptors (Lipinski definition) is 3. The summed E-state index contributed by atoms with van der Waals surface area (Å²) < 4.78 is 0.259. The van der Waals surface area contributed by atoms with Crippen molar-refractivity contribution in [3.63, 3.8) is 0 Å². The Morgan fingerprint density at radius 2 is 0.968 bits per heavy atom. The number of allylic oxidation sites excluding steroid dienone is 2. The van der Waals surface area contributed by atoms with E-state index in [9.17, 15) is 14.4 Å². The van der Waals surface area contributed by atoms with Crippen molar-refractivity contribution in [2.75, 3.05) is 26.2 Å². The standard InChI is InChI=1S/C24H43NO6/c1-2-3-4-5-6-7-8-9-10-11-12-13-14-18-25(19-15-22(26)27,20-16-23(28)29)21-17-24(30)31/h5-6H,2-4,7-21H2,1H3,(H2-,26,27,28,29,30,31)/p+1/b6-5+. The highest BCUT2D eigenvalue weighted by Gasteiger charge is 2.29. The second-order valence-electron chi connectivity index (χ2n) is 8.54. The van der Waals surface area contributed by atoms with Crippen LogP contribution in [0.4, 0.5) is 0 Å². The molecule has 0 aromatic rings. The molecule has 0 aromatic carbocycles. The molecule has 0 spiro atoms.